The summed E-state index contributed by atoms with van der Waals surface area (Å²) in [5.41, 5.74) is 6.40. The highest BCUT2D eigenvalue weighted by Crippen LogP contribution is 2.30. The Morgan fingerprint density at radius 3 is 2.73 bits per heavy atom. The number of hydrogen-bond acceptors (Lipinski definition) is 3. The van der Waals surface area contributed by atoms with Gasteiger partial charge in [0.15, 0.2) is 0 Å². The lowest BCUT2D eigenvalue weighted by Gasteiger charge is -2.22. The summed E-state index contributed by atoms with van der Waals surface area (Å²) in [6, 6.07) is 6.29. The first-order chi connectivity index (χ1) is 10.5. The van der Waals surface area contributed by atoms with Gasteiger partial charge in [-0.3, -0.25) is 4.79 Å². The zero-order chi connectivity index (χ0) is 16.1. The monoisotopic (exact) mass is 312 g/mol. The third-order valence-corrected chi connectivity index (χ3v) is 4.08. The highest BCUT2D eigenvalue weighted by Gasteiger charge is 2.29. The van der Waals surface area contributed by atoms with Gasteiger partial charge in [0, 0.05) is 17.5 Å². The number of nitrogens with two attached hydrogens (primary N) is 1. The van der Waals surface area contributed by atoms with Crippen molar-refractivity contribution in [3.8, 4) is 5.75 Å². The Balaban J connectivity index is 2.09. The van der Waals surface area contributed by atoms with Crippen molar-refractivity contribution in [2.24, 2.45) is 11.7 Å². The number of carbonyl (C=O) groups excluding carboxylic acids is 1. The molecule has 3 N–H and O–H groups in total. The maximum Gasteiger partial charge on any atom is 0.387 e. The first kappa shape index (κ1) is 16.7. The van der Waals surface area contributed by atoms with Crippen LogP contribution in [-0.2, 0) is 4.79 Å². The fourth-order valence-corrected chi connectivity index (χ4v) is 2.92. The predicted octanol–water partition coefficient (Wildman–Crippen LogP) is 2.98. The second-order valence-corrected chi connectivity index (χ2v) is 5.66. The highest BCUT2D eigenvalue weighted by atomic mass is 19.3. The molecule has 2 rings (SSSR count). The highest BCUT2D eigenvalue weighted by molar-refractivity contribution is 5.79. The summed E-state index contributed by atoms with van der Waals surface area (Å²) < 4.78 is 29.5. The first-order valence-corrected chi connectivity index (χ1v) is 7.61. The Hall–Kier alpha value is -1.69. The minimum Gasteiger partial charge on any atom is -0.434 e. The average molecular weight is 312 g/mol. The van der Waals surface area contributed by atoms with Crippen LogP contribution in [0.1, 0.15) is 44.2 Å². The largest absolute Gasteiger partial charge is 0.434 e. The van der Waals surface area contributed by atoms with Gasteiger partial charge in [-0.25, -0.2) is 0 Å². The van der Waals surface area contributed by atoms with Crippen LogP contribution in [0.25, 0.3) is 0 Å². The van der Waals surface area contributed by atoms with Crippen molar-refractivity contribution < 1.29 is 18.3 Å². The second kappa shape index (κ2) is 7.54. The molecular formula is C16H22F2N2O2. The van der Waals surface area contributed by atoms with Crippen LogP contribution in [0.15, 0.2) is 24.3 Å². The smallest absolute Gasteiger partial charge is 0.387 e. The summed E-state index contributed by atoms with van der Waals surface area (Å²) >= 11 is 0. The molecule has 3 unspecified atom stereocenters. The van der Waals surface area contributed by atoms with Gasteiger partial charge in [0.25, 0.3) is 0 Å². The lowest BCUT2D eigenvalue weighted by molar-refractivity contribution is -0.125. The second-order valence-electron chi connectivity index (χ2n) is 5.66. The molecule has 1 aliphatic carbocycles. The molecule has 3 atom stereocenters. The van der Waals surface area contributed by atoms with E-state index in [0.29, 0.717) is 18.4 Å². The summed E-state index contributed by atoms with van der Waals surface area (Å²) in [6.07, 6.45) is 2.89. The van der Waals surface area contributed by atoms with Crippen LogP contribution < -0.4 is 15.8 Å². The van der Waals surface area contributed by atoms with Gasteiger partial charge >= 0.3 is 6.61 Å². The van der Waals surface area contributed by atoms with Crippen LogP contribution in [0.5, 0.6) is 5.75 Å². The number of carbonyl (C=O) groups is 1. The summed E-state index contributed by atoms with van der Waals surface area (Å²) in [7, 11) is 0. The van der Waals surface area contributed by atoms with Gasteiger partial charge in [0.1, 0.15) is 5.75 Å². The van der Waals surface area contributed by atoms with Crippen molar-refractivity contribution >= 4 is 5.91 Å². The van der Waals surface area contributed by atoms with E-state index in [-0.39, 0.29) is 29.7 Å². The minimum atomic E-state index is -2.89. The van der Waals surface area contributed by atoms with E-state index in [1.165, 1.54) is 6.07 Å². The SMILES string of the molecule is CCC(NC(=O)C1CCC(N)C1)c1ccccc1OC(F)F. The van der Waals surface area contributed by atoms with Crippen molar-refractivity contribution in [2.75, 3.05) is 0 Å². The van der Waals surface area contributed by atoms with Crippen molar-refractivity contribution in [1.82, 2.24) is 5.32 Å². The van der Waals surface area contributed by atoms with Gasteiger partial charge in [-0.2, -0.15) is 8.78 Å². The molecule has 0 spiro atoms. The van der Waals surface area contributed by atoms with Crippen molar-refractivity contribution in [3.63, 3.8) is 0 Å². The number of amides is 1. The molecular weight excluding hydrogens is 290 g/mol. The minimum absolute atomic E-state index is 0.0633. The van der Waals surface area contributed by atoms with Gasteiger partial charge in [0.05, 0.1) is 6.04 Å². The molecule has 0 aliphatic heterocycles. The number of ether oxygens (including phenoxy) is 1. The Morgan fingerprint density at radius 2 is 2.14 bits per heavy atom. The third-order valence-electron chi connectivity index (χ3n) is 4.08. The number of halogens is 2. The average Bonchev–Trinajstić information content (AvgIpc) is 2.91. The Kier molecular flexibility index (Phi) is 5.71. The van der Waals surface area contributed by atoms with Crippen LogP contribution in [0, 0.1) is 5.92 Å². The van der Waals surface area contributed by atoms with E-state index in [9.17, 15) is 13.6 Å². The van der Waals surface area contributed by atoms with Crippen LogP contribution in [0.3, 0.4) is 0 Å². The molecule has 0 saturated heterocycles. The Morgan fingerprint density at radius 1 is 1.41 bits per heavy atom. The normalized spacial score (nSPS) is 22.6. The van der Waals surface area contributed by atoms with E-state index in [1.54, 1.807) is 18.2 Å². The maximum absolute atomic E-state index is 12.5. The number of nitrogens with one attached hydrogen (secondary N) is 1. The molecule has 122 valence electrons. The van der Waals surface area contributed by atoms with Crippen molar-refractivity contribution in [1.29, 1.82) is 0 Å². The Labute approximate surface area is 129 Å². The molecule has 1 fully saturated rings. The summed E-state index contributed by atoms with van der Waals surface area (Å²) in [5.74, 6) is -0.0494. The van der Waals surface area contributed by atoms with E-state index in [0.717, 1.165) is 12.8 Å². The fraction of sp³-hybridized carbons (Fsp3) is 0.562. The molecule has 1 aliphatic rings. The van der Waals surface area contributed by atoms with E-state index >= 15 is 0 Å². The molecule has 0 bridgehead atoms. The van der Waals surface area contributed by atoms with Crippen molar-refractivity contribution in [2.45, 2.75) is 51.3 Å². The lowest BCUT2D eigenvalue weighted by Crippen LogP contribution is -2.33. The van der Waals surface area contributed by atoms with E-state index in [1.807, 2.05) is 6.92 Å². The van der Waals surface area contributed by atoms with E-state index in [2.05, 4.69) is 10.1 Å². The quantitative estimate of drug-likeness (QED) is 0.849. The number of alkyl halides is 2. The Bertz CT molecular complexity index is 511. The van der Waals surface area contributed by atoms with Gasteiger partial charge in [-0.05, 0) is 31.7 Å². The molecule has 0 aromatic heterocycles. The number of benzene rings is 1. The molecule has 6 heteroatoms. The predicted molar refractivity (Wildman–Crippen MR) is 79.6 cm³/mol. The van der Waals surface area contributed by atoms with E-state index in [4.69, 9.17) is 5.73 Å². The van der Waals surface area contributed by atoms with Gasteiger partial charge in [-0.1, -0.05) is 25.1 Å². The molecule has 22 heavy (non-hydrogen) atoms. The molecule has 1 aromatic rings. The molecule has 1 saturated carbocycles. The number of hydrogen-bond donors (Lipinski definition) is 2. The zero-order valence-electron chi connectivity index (χ0n) is 12.6. The van der Waals surface area contributed by atoms with Gasteiger partial charge in [-0.15, -0.1) is 0 Å². The summed E-state index contributed by atoms with van der Waals surface area (Å²) in [5, 5.41) is 2.94. The fourth-order valence-electron chi connectivity index (χ4n) is 2.92. The van der Waals surface area contributed by atoms with Crippen LogP contribution in [0.2, 0.25) is 0 Å². The molecule has 4 nitrogen and oxygen atoms in total. The molecule has 1 amide bonds. The first-order valence-electron chi connectivity index (χ1n) is 7.61. The zero-order valence-corrected chi connectivity index (χ0v) is 12.6. The van der Waals surface area contributed by atoms with Crippen LogP contribution in [0.4, 0.5) is 8.78 Å². The molecule has 0 radical (unpaired) electrons. The third kappa shape index (κ3) is 4.16. The number of para-hydroxylation sites is 1. The summed E-state index contributed by atoms with van der Waals surface area (Å²) in [4.78, 5) is 12.3. The maximum atomic E-state index is 12.5. The van der Waals surface area contributed by atoms with Gasteiger partial charge in [0.2, 0.25) is 5.91 Å². The van der Waals surface area contributed by atoms with Crippen LogP contribution >= 0.6 is 0 Å². The summed E-state index contributed by atoms with van der Waals surface area (Å²) in [6.45, 7) is -0.994. The van der Waals surface area contributed by atoms with Gasteiger partial charge < -0.3 is 15.8 Å². The van der Waals surface area contributed by atoms with Crippen molar-refractivity contribution in [3.05, 3.63) is 29.8 Å². The van der Waals surface area contributed by atoms with E-state index < -0.39 is 6.61 Å². The molecule has 0 heterocycles. The topological polar surface area (TPSA) is 64.4 Å². The number of rotatable bonds is 6. The van der Waals surface area contributed by atoms with Crippen LogP contribution in [-0.4, -0.2) is 18.6 Å². The lowest BCUT2D eigenvalue weighted by atomic mass is 10.0. The molecule has 1 aromatic carbocycles. The standard InChI is InChI=1S/C16H22F2N2O2/c1-2-13(20-15(21)10-7-8-11(19)9-10)12-5-3-4-6-14(12)22-16(17)18/h3-6,10-11,13,16H,2,7-9,19H2,1H3,(H,20,21).